The summed E-state index contributed by atoms with van der Waals surface area (Å²) in [6, 6.07) is 14.0. The highest BCUT2D eigenvalue weighted by Crippen LogP contribution is 2.48. The van der Waals surface area contributed by atoms with Gasteiger partial charge in [-0.25, -0.2) is 10.0 Å². The van der Waals surface area contributed by atoms with Gasteiger partial charge in [-0.1, -0.05) is 19.1 Å². The van der Waals surface area contributed by atoms with Gasteiger partial charge in [0.25, 0.3) is 5.91 Å². The summed E-state index contributed by atoms with van der Waals surface area (Å²) in [5.74, 6) is 0.497. The third-order valence-electron chi connectivity index (χ3n) is 6.10. The topological polar surface area (TPSA) is 96.5 Å². The Bertz CT molecular complexity index is 990. The standard InChI is InChI=1S/C25H33N3O4S/c1-5-33(3,4)21-12-8-19(9-13-21)27-25(31)23(17-6-10-20(32-2)11-7-17)28-24(30)18-14-15-26-22(29)16-18/h6-13,18,23H,5,14-16H2,1-4H3,(H,26,29)(H,27,31)(H,28,30). The van der Waals surface area contributed by atoms with Crippen LogP contribution in [0.1, 0.15) is 31.4 Å². The average molecular weight is 472 g/mol. The van der Waals surface area contributed by atoms with Gasteiger partial charge in [-0.3, -0.25) is 14.4 Å². The zero-order chi connectivity index (χ0) is 24.0. The Morgan fingerprint density at radius 2 is 1.79 bits per heavy atom. The van der Waals surface area contributed by atoms with Crippen molar-refractivity contribution in [3.8, 4) is 5.75 Å². The molecule has 0 saturated carbocycles. The van der Waals surface area contributed by atoms with Crippen LogP contribution in [0.3, 0.4) is 0 Å². The number of carbonyl (C=O) groups is 3. The molecule has 33 heavy (non-hydrogen) atoms. The summed E-state index contributed by atoms with van der Waals surface area (Å²) >= 11 is 0. The number of carbonyl (C=O) groups excluding carboxylic acids is 3. The molecule has 3 N–H and O–H groups in total. The maximum atomic E-state index is 13.3. The summed E-state index contributed by atoms with van der Waals surface area (Å²) < 4.78 is 5.21. The van der Waals surface area contributed by atoms with E-state index in [4.69, 9.17) is 4.74 Å². The maximum Gasteiger partial charge on any atom is 0.251 e. The number of rotatable bonds is 8. The minimum absolute atomic E-state index is 0.125. The highest BCUT2D eigenvalue weighted by molar-refractivity contribution is 8.32. The van der Waals surface area contributed by atoms with Crippen molar-refractivity contribution in [2.75, 3.05) is 37.2 Å². The number of amides is 3. The van der Waals surface area contributed by atoms with E-state index >= 15 is 0 Å². The van der Waals surface area contributed by atoms with Gasteiger partial charge in [0.2, 0.25) is 11.8 Å². The molecular weight excluding hydrogens is 438 g/mol. The fourth-order valence-corrected chi connectivity index (χ4v) is 4.86. The Morgan fingerprint density at radius 3 is 2.36 bits per heavy atom. The van der Waals surface area contributed by atoms with E-state index < -0.39 is 22.0 Å². The van der Waals surface area contributed by atoms with Crippen LogP contribution in [-0.2, 0) is 14.4 Å². The first-order valence-electron chi connectivity index (χ1n) is 11.1. The van der Waals surface area contributed by atoms with Crippen molar-refractivity contribution in [2.24, 2.45) is 5.92 Å². The predicted molar refractivity (Wildman–Crippen MR) is 133 cm³/mol. The van der Waals surface area contributed by atoms with Crippen LogP contribution in [0.25, 0.3) is 0 Å². The molecule has 8 heteroatoms. The van der Waals surface area contributed by atoms with Gasteiger partial charge in [0.1, 0.15) is 11.8 Å². The van der Waals surface area contributed by atoms with Crippen LogP contribution in [0, 0.1) is 5.92 Å². The van der Waals surface area contributed by atoms with E-state index in [-0.39, 0.29) is 24.1 Å². The maximum absolute atomic E-state index is 13.3. The molecule has 1 fully saturated rings. The predicted octanol–water partition coefficient (Wildman–Crippen LogP) is 3.46. The molecule has 7 nitrogen and oxygen atoms in total. The summed E-state index contributed by atoms with van der Waals surface area (Å²) in [5.41, 5.74) is 1.30. The zero-order valence-corrected chi connectivity index (χ0v) is 20.5. The summed E-state index contributed by atoms with van der Waals surface area (Å²) in [4.78, 5) is 39.2. The molecule has 0 radical (unpaired) electrons. The lowest BCUT2D eigenvalue weighted by Crippen LogP contribution is -2.44. The lowest BCUT2D eigenvalue weighted by atomic mass is 9.95. The minimum atomic E-state index is -0.897. The van der Waals surface area contributed by atoms with E-state index in [9.17, 15) is 14.4 Å². The first-order valence-corrected chi connectivity index (χ1v) is 13.7. The first-order chi connectivity index (χ1) is 15.7. The molecule has 0 aliphatic carbocycles. The van der Waals surface area contributed by atoms with Gasteiger partial charge in [0.15, 0.2) is 0 Å². The third kappa shape index (κ3) is 6.28. The lowest BCUT2D eigenvalue weighted by Gasteiger charge is -2.30. The molecule has 0 bridgehead atoms. The molecule has 1 aliphatic rings. The summed E-state index contributed by atoms with van der Waals surface area (Å²) in [6.07, 6.45) is 5.20. The quantitative estimate of drug-likeness (QED) is 0.549. The Balaban J connectivity index is 1.79. The molecule has 2 atom stereocenters. The molecular formula is C25H33N3O4S. The van der Waals surface area contributed by atoms with Crippen molar-refractivity contribution < 1.29 is 19.1 Å². The minimum Gasteiger partial charge on any atom is -0.497 e. The van der Waals surface area contributed by atoms with Crippen LogP contribution < -0.4 is 20.7 Å². The molecule has 1 saturated heterocycles. The monoisotopic (exact) mass is 471 g/mol. The second-order valence-electron chi connectivity index (χ2n) is 8.59. The summed E-state index contributed by atoms with van der Waals surface area (Å²) in [7, 11) is 0.713. The van der Waals surface area contributed by atoms with Crippen LogP contribution in [-0.4, -0.2) is 49.6 Å². The molecule has 2 aromatic rings. The van der Waals surface area contributed by atoms with E-state index in [0.717, 1.165) is 5.75 Å². The van der Waals surface area contributed by atoms with E-state index in [1.54, 1.807) is 31.4 Å². The van der Waals surface area contributed by atoms with E-state index in [2.05, 4.69) is 47.5 Å². The molecule has 3 rings (SSSR count). The Labute approximate surface area is 197 Å². The van der Waals surface area contributed by atoms with Crippen molar-refractivity contribution >= 4 is 33.4 Å². The van der Waals surface area contributed by atoms with Crippen LogP contribution in [0.2, 0.25) is 0 Å². The van der Waals surface area contributed by atoms with Gasteiger partial charge in [-0.2, -0.15) is 0 Å². The van der Waals surface area contributed by atoms with Crippen molar-refractivity contribution in [1.82, 2.24) is 10.6 Å². The van der Waals surface area contributed by atoms with Crippen molar-refractivity contribution in [2.45, 2.75) is 30.7 Å². The van der Waals surface area contributed by atoms with E-state index in [0.29, 0.717) is 30.0 Å². The van der Waals surface area contributed by atoms with Crippen molar-refractivity contribution in [3.05, 3.63) is 54.1 Å². The second-order valence-corrected chi connectivity index (χ2v) is 12.7. The fraction of sp³-hybridized carbons (Fsp3) is 0.400. The van der Waals surface area contributed by atoms with E-state index in [1.165, 1.54) is 4.90 Å². The number of anilines is 1. The number of ether oxygens (including phenoxy) is 1. The van der Waals surface area contributed by atoms with Crippen LogP contribution in [0.4, 0.5) is 5.69 Å². The molecule has 1 aliphatic heterocycles. The van der Waals surface area contributed by atoms with Gasteiger partial charge in [-0.05, 0) is 71.5 Å². The zero-order valence-electron chi connectivity index (χ0n) is 19.6. The number of nitrogens with one attached hydrogen (secondary N) is 3. The molecule has 0 aromatic heterocycles. The lowest BCUT2D eigenvalue weighted by molar-refractivity contribution is -0.134. The number of methoxy groups -OCH3 is 1. The Kier molecular flexibility index (Phi) is 8.02. The Morgan fingerprint density at radius 1 is 1.12 bits per heavy atom. The molecule has 2 aromatic carbocycles. The van der Waals surface area contributed by atoms with Gasteiger partial charge >= 0.3 is 0 Å². The van der Waals surface area contributed by atoms with Crippen LogP contribution in [0.15, 0.2) is 53.4 Å². The largest absolute Gasteiger partial charge is 0.497 e. The number of hydrogen-bond acceptors (Lipinski definition) is 4. The number of hydrogen-bond donors (Lipinski definition) is 3. The highest BCUT2D eigenvalue weighted by Gasteiger charge is 2.30. The molecule has 178 valence electrons. The SMILES string of the molecule is CCS(C)(C)c1ccc(NC(=O)C(NC(=O)C2CCNC(=O)C2)c2ccc(OC)cc2)cc1. The van der Waals surface area contributed by atoms with Crippen molar-refractivity contribution in [3.63, 3.8) is 0 Å². The van der Waals surface area contributed by atoms with Crippen molar-refractivity contribution in [1.29, 1.82) is 0 Å². The Hall–Kier alpha value is -3.00. The van der Waals surface area contributed by atoms with E-state index in [1.807, 2.05) is 12.1 Å². The summed E-state index contributed by atoms with van der Waals surface area (Å²) in [5, 5.41) is 8.51. The van der Waals surface area contributed by atoms with Gasteiger partial charge in [0.05, 0.1) is 7.11 Å². The van der Waals surface area contributed by atoms with Crippen LogP contribution >= 0.6 is 10.0 Å². The number of piperidine rings is 1. The molecule has 2 unspecified atom stereocenters. The molecule has 1 heterocycles. The van der Waals surface area contributed by atoms with Gasteiger partial charge < -0.3 is 20.7 Å². The summed E-state index contributed by atoms with van der Waals surface area (Å²) in [6.45, 7) is 2.64. The van der Waals surface area contributed by atoms with Gasteiger partial charge in [0, 0.05) is 24.6 Å². The first kappa shape index (κ1) is 24.6. The van der Waals surface area contributed by atoms with Gasteiger partial charge in [-0.15, -0.1) is 0 Å². The molecule has 0 spiro atoms. The fourth-order valence-electron chi connectivity index (χ4n) is 3.65. The third-order valence-corrected chi connectivity index (χ3v) is 9.09. The second kappa shape index (κ2) is 10.7. The highest BCUT2D eigenvalue weighted by atomic mass is 32.3. The normalized spacial score (nSPS) is 17.5. The average Bonchev–Trinajstić information content (AvgIpc) is 2.82. The molecule has 3 amide bonds. The smallest absolute Gasteiger partial charge is 0.251 e. The van der Waals surface area contributed by atoms with Crippen LogP contribution in [0.5, 0.6) is 5.75 Å². The number of benzene rings is 2.